The van der Waals surface area contributed by atoms with Gasteiger partial charge in [-0.2, -0.15) is 0 Å². The van der Waals surface area contributed by atoms with E-state index in [9.17, 15) is 9.90 Å². The molecule has 1 N–H and O–H groups in total. The summed E-state index contributed by atoms with van der Waals surface area (Å²) < 4.78 is 0. The van der Waals surface area contributed by atoms with E-state index in [1.54, 1.807) is 6.07 Å². The van der Waals surface area contributed by atoms with E-state index in [0.717, 1.165) is 18.4 Å². The normalized spacial score (nSPS) is 11.2. The highest BCUT2D eigenvalue weighted by Gasteiger charge is 2.15. The van der Waals surface area contributed by atoms with E-state index < -0.39 is 5.97 Å². The van der Waals surface area contributed by atoms with Crippen molar-refractivity contribution in [2.45, 2.75) is 40.5 Å². The molecule has 0 aliphatic heterocycles. The average molecular weight is 234 g/mol. The fourth-order valence-corrected chi connectivity index (χ4v) is 2.12. The second-order valence-electron chi connectivity index (χ2n) is 5.44. The zero-order chi connectivity index (χ0) is 13.0. The molecule has 1 aromatic rings. The van der Waals surface area contributed by atoms with Gasteiger partial charge in [0.2, 0.25) is 0 Å². The smallest absolute Gasteiger partial charge is 0.335 e. The quantitative estimate of drug-likeness (QED) is 0.841. The number of carboxylic acids is 1. The summed E-state index contributed by atoms with van der Waals surface area (Å²) in [7, 11) is 0. The summed E-state index contributed by atoms with van der Waals surface area (Å²) in [4.78, 5) is 11.2. The van der Waals surface area contributed by atoms with Gasteiger partial charge in [0.15, 0.2) is 0 Å². The monoisotopic (exact) mass is 234 g/mol. The van der Waals surface area contributed by atoms with Gasteiger partial charge in [0.05, 0.1) is 5.56 Å². The lowest BCUT2D eigenvalue weighted by atomic mass is 9.89. The zero-order valence-corrected chi connectivity index (χ0v) is 11.2. The van der Waals surface area contributed by atoms with Crippen molar-refractivity contribution < 1.29 is 9.90 Å². The topological polar surface area (TPSA) is 37.3 Å². The average Bonchev–Trinajstić information content (AvgIpc) is 2.18. The van der Waals surface area contributed by atoms with Gasteiger partial charge in [-0.15, -0.1) is 0 Å². The van der Waals surface area contributed by atoms with Gasteiger partial charge in [0.1, 0.15) is 0 Å². The molecule has 1 rings (SSSR count). The molecule has 0 radical (unpaired) electrons. The minimum absolute atomic E-state index is 0.469. The predicted octanol–water partition coefficient (Wildman–Crippen LogP) is 3.78. The number of benzene rings is 1. The van der Waals surface area contributed by atoms with Gasteiger partial charge in [-0.05, 0) is 41.9 Å². The van der Waals surface area contributed by atoms with E-state index in [4.69, 9.17) is 0 Å². The maximum absolute atomic E-state index is 11.2. The van der Waals surface area contributed by atoms with E-state index in [1.165, 1.54) is 5.56 Å². The summed E-state index contributed by atoms with van der Waals surface area (Å²) in [6.07, 6.45) is 1.79. The van der Waals surface area contributed by atoms with Crippen LogP contribution in [0.2, 0.25) is 0 Å². The first kappa shape index (κ1) is 13.8. The Kier molecular flexibility index (Phi) is 4.73. The van der Waals surface area contributed by atoms with Crippen LogP contribution < -0.4 is 0 Å². The molecule has 94 valence electrons. The standard InChI is InChI=1S/C15H22O2/c1-10(2)8-12-6-5-7-13(15(16)17)14(12)9-11(3)4/h5-7,10-11H,8-9H2,1-4H3,(H,16,17). The first-order valence-electron chi connectivity index (χ1n) is 6.25. The molecule has 0 aliphatic rings. The van der Waals surface area contributed by atoms with Crippen LogP contribution in [0, 0.1) is 11.8 Å². The molecular weight excluding hydrogens is 212 g/mol. The van der Waals surface area contributed by atoms with Crippen molar-refractivity contribution in [2.24, 2.45) is 11.8 Å². The Labute approximate surface area is 104 Å². The van der Waals surface area contributed by atoms with Gasteiger partial charge in [-0.25, -0.2) is 4.79 Å². The molecule has 0 fully saturated rings. The number of hydrogen-bond donors (Lipinski definition) is 1. The lowest BCUT2D eigenvalue weighted by molar-refractivity contribution is 0.0695. The minimum atomic E-state index is -0.814. The maximum Gasteiger partial charge on any atom is 0.335 e. The third kappa shape index (κ3) is 3.88. The molecule has 17 heavy (non-hydrogen) atoms. The van der Waals surface area contributed by atoms with Crippen molar-refractivity contribution in [2.75, 3.05) is 0 Å². The van der Waals surface area contributed by atoms with Gasteiger partial charge in [0, 0.05) is 0 Å². The molecule has 0 amide bonds. The van der Waals surface area contributed by atoms with Crippen LogP contribution >= 0.6 is 0 Å². The molecular formula is C15H22O2. The van der Waals surface area contributed by atoms with Gasteiger partial charge in [-0.3, -0.25) is 0 Å². The number of rotatable bonds is 5. The molecule has 2 nitrogen and oxygen atoms in total. The van der Waals surface area contributed by atoms with Gasteiger partial charge in [0.25, 0.3) is 0 Å². The van der Waals surface area contributed by atoms with Crippen LogP contribution in [0.15, 0.2) is 18.2 Å². The highest BCUT2D eigenvalue weighted by molar-refractivity contribution is 5.89. The Balaban J connectivity index is 3.18. The van der Waals surface area contributed by atoms with Crippen molar-refractivity contribution in [3.63, 3.8) is 0 Å². The van der Waals surface area contributed by atoms with Crippen molar-refractivity contribution >= 4 is 5.97 Å². The number of aromatic carboxylic acids is 1. The van der Waals surface area contributed by atoms with E-state index in [2.05, 4.69) is 33.8 Å². The molecule has 0 saturated carbocycles. The maximum atomic E-state index is 11.2. The molecule has 0 bridgehead atoms. The highest BCUT2D eigenvalue weighted by Crippen LogP contribution is 2.21. The lowest BCUT2D eigenvalue weighted by Gasteiger charge is -2.16. The van der Waals surface area contributed by atoms with Crippen LogP contribution in [-0.4, -0.2) is 11.1 Å². The van der Waals surface area contributed by atoms with Crippen LogP contribution in [0.25, 0.3) is 0 Å². The molecule has 1 aromatic carbocycles. The van der Waals surface area contributed by atoms with Crippen molar-refractivity contribution in [1.82, 2.24) is 0 Å². The zero-order valence-electron chi connectivity index (χ0n) is 11.2. The van der Waals surface area contributed by atoms with E-state index in [0.29, 0.717) is 17.4 Å². The first-order chi connectivity index (χ1) is 7.91. The van der Waals surface area contributed by atoms with Gasteiger partial charge in [-0.1, -0.05) is 39.8 Å². The molecule has 0 atom stereocenters. The van der Waals surface area contributed by atoms with Crippen molar-refractivity contribution in [3.05, 3.63) is 34.9 Å². The predicted molar refractivity (Wildman–Crippen MR) is 70.5 cm³/mol. The molecule has 0 unspecified atom stereocenters. The molecule has 0 aromatic heterocycles. The third-order valence-electron chi connectivity index (χ3n) is 2.74. The Morgan fingerprint density at radius 2 is 1.71 bits per heavy atom. The van der Waals surface area contributed by atoms with Crippen molar-refractivity contribution in [3.8, 4) is 0 Å². The summed E-state index contributed by atoms with van der Waals surface area (Å²) >= 11 is 0. The molecule has 2 heteroatoms. The molecule has 0 saturated heterocycles. The van der Waals surface area contributed by atoms with Gasteiger partial charge >= 0.3 is 5.97 Å². The van der Waals surface area contributed by atoms with Crippen LogP contribution in [0.5, 0.6) is 0 Å². The summed E-state index contributed by atoms with van der Waals surface area (Å²) in [6.45, 7) is 8.56. The molecule has 0 heterocycles. The van der Waals surface area contributed by atoms with E-state index in [-0.39, 0.29) is 0 Å². The summed E-state index contributed by atoms with van der Waals surface area (Å²) in [5.74, 6) is 0.206. The van der Waals surface area contributed by atoms with Crippen molar-refractivity contribution in [1.29, 1.82) is 0 Å². The fraction of sp³-hybridized carbons (Fsp3) is 0.533. The Morgan fingerprint density at radius 3 is 2.18 bits per heavy atom. The molecule has 0 spiro atoms. The van der Waals surface area contributed by atoms with Crippen LogP contribution in [0.3, 0.4) is 0 Å². The summed E-state index contributed by atoms with van der Waals surface area (Å²) in [5.41, 5.74) is 2.68. The number of carbonyl (C=O) groups is 1. The minimum Gasteiger partial charge on any atom is -0.478 e. The van der Waals surface area contributed by atoms with Crippen LogP contribution in [-0.2, 0) is 12.8 Å². The molecule has 0 aliphatic carbocycles. The Bertz CT molecular complexity index is 392. The van der Waals surface area contributed by atoms with Crippen LogP contribution in [0.4, 0.5) is 0 Å². The SMILES string of the molecule is CC(C)Cc1cccc(C(=O)O)c1CC(C)C. The number of carboxylic acid groups (broad SMARTS) is 1. The van der Waals surface area contributed by atoms with Gasteiger partial charge < -0.3 is 5.11 Å². The second-order valence-corrected chi connectivity index (χ2v) is 5.44. The largest absolute Gasteiger partial charge is 0.478 e. The van der Waals surface area contributed by atoms with E-state index in [1.807, 2.05) is 6.07 Å². The number of hydrogen-bond acceptors (Lipinski definition) is 1. The highest BCUT2D eigenvalue weighted by atomic mass is 16.4. The first-order valence-corrected chi connectivity index (χ1v) is 6.25. The second kappa shape index (κ2) is 5.85. The Morgan fingerprint density at radius 1 is 1.12 bits per heavy atom. The lowest BCUT2D eigenvalue weighted by Crippen LogP contribution is -2.10. The summed E-state index contributed by atoms with van der Waals surface area (Å²) in [6, 6.07) is 5.62. The third-order valence-corrected chi connectivity index (χ3v) is 2.74. The fourth-order valence-electron chi connectivity index (χ4n) is 2.12. The Hall–Kier alpha value is -1.31. The van der Waals surface area contributed by atoms with Crippen LogP contribution in [0.1, 0.15) is 49.2 Å². The van der Waals surface area contributed by atoms with E-state index >= 15 is 0 Å². The summed E-state index contributed by atoms with van der Waals surface area (Å²) in [5, 5.41) is 9.24.